The summed E-state index contributed by atoms with van der Waals surface area (Å²) >= 11 is 0. The van der Waals surface area contributed by atoms with E-state index in [9.17, 15) is 9.90 Å². The Kier molecular flexibility index (Phi) is 5.30. The van der Waals surface area contributed by atoms with Crippen molar-refractivity contribution in [2.24, 2.45) is 0 Å². The number of nitrogens with one attached hydrogen (secondary N) is 1. The lowest BCUT2D eigenvalue weighted by atomic mass is 9.82. The minimum Gasteiger partial charge on any atom is -0.389 e. The van der Waals surface area contributed by atoms with Crippen molar-refractivity contribution in [2.75, 3.05) is 0 Å². The fraction of sp³-hybridized carbons (Fsp3) is 0.474. The summed E-state index contributed by atoms with van der Waals surface area (Å²) in [5, 5.41) is 13.4. The summed E-state index contributed by atoms with van der Waals surface area (Å²) in [7, 11) is 0. The van der Waals surface area contributed by atoms with Crippen LogP contribution in [-0.2, 0) is 17.9 Å². The highest BCUT2D eigenvalue weighted by atomic mass is 16.3. The molecule has 0 atom stereocenters. The van der Waals surface area contributed by atoms with Gasteiger partial charge in [0.05, 0.1) is 18.3 Å². The zero-order valence-corrected chi connectivity index (χ0v) is 13.9. The number of carbonyl (C=O) groups is 1. The number of benzene rings is 1. The van der Waals surface area contributed by atoms with E-state index in [0.717, 1.165) is 44.2 Å². The summed E-state index contributed by atoms with van der Waals surface area (Å²) in [6.45, 7) is 1.29. The number of rotatable bonds is 6. The largest absolute Gasteiger partial charge is 0.389 e. The maximum atomic E-state index is 12.1. The lowest BCUT2D eigenvalue weighted by Crippen LogP contribution is -2.38. The Morgan fingerprint density at radius 1 is 1.17 bits per heavy atom. The first-order valence-corrected chi connectivity index (χ1v) is 8.66. The number of imidazole rings is 1. The molecule has 0 spiro atoms. The molecule has 1 saturated carbocycles. The van der Waals surface area contributed by atoms with Gasteiger partial charge in [0.25, 0.3) is 0 Å². The zero-order valence-electron chi connectivity index (χ0n) is 13.9. The number of aromatic nitrogens is 2. The molecule has 2 aromatic rings. The van der Waals surface area contributed by atoms with Crippen molar-refractivity contribution < 1.29 is 9.90 Å². The lowest BCUT2D eigenvalue weighted by Gasteiger charge is -2.31. The number of aliphatic hydroxyl groups is 1. The molecule has 0 aliphatic heterocycles. The lowest BCUT2D eigenvalue weighted by molar-refractivity contribution is -0.127. The van der Waals surface area contributed by atoms with E-state index >= 15 is 0 Å². The molecule has 1 heterocycles. The SMILES string of the molecule is O=C(CC1(O)CCCCC1)NCc1ccc(Cn2ccnc2)cc1. The molecular formula is C19H25N3O2. The Labute approximate surface area is 142 Å². The number of hydrogen-bond donors (Lipinski definition) is 2. The average Bonchev–Trinajstić information content (AvgIpc) is 3.07. The smallest absolute Gasteiger partial charge is 0.223 e. The fourth-order valence-corrected chi connectivity index (χ4v) is 3.30. The van der Waals surface area contributed by atoms with Crippen LogP contribution in [0.4, 0.5) is 0 Å². The molecule has 0 radical (unpaired) electrons. The van der Waals surface area contributed by atoms with Gasteiger partial charge >= 0.3 is 0 Å². The van der Waals surface area contributed by atoms with E-state index in [4.69, 9.17) is 0 Å². The second-order valence-electron chi connectivity index (χ2n) is 6.79. The van der Waals surface area contributed by atoms with Crippen LogP contribution < -0.4 is 5.32 Å². The minimum absolute atomic E-state index is 0.0677. The molecule has 1 amide bonds. The number of carbonyl (C=O) groups excluding carboxylic acids is 1. The first-order chi connectivity index (χ1) is 11.6. The van der Waals surface area contributed by atoms with E-state index in [0.29, 0.717) is 6.54 Å². The third-order valence-electron chi connectivity index (χ3n) is 4.71. The molecule has 24 heavy (non-hydrogen) atoms. The van der Waals surface area contributed by atoms with Gasteiger partial charge in [0.15, 0.2) is 0 Å². The van der Waals surface area contributed by atoms with Gasteiger partial charge in [0.2, 0.25) is 5.91 Å². The highest BCUT2D eigenvalue weighted by Crippen LogP contribution is 2.30. The Balaban J connectivity index is 1.46. The molecule has 128 valence electrons. The second kappa shape index (κ2) is 7.62. The Hall–Kier alpha value is -2.14. The van der Waals surface area contributed by atoms with Crippen LogP contribution in [0.5, 0.6) is 0 Å². The number of amides is 1. The molecule has 2 N–H and O–H groups in total. The van der Waals surface area contributed by atoms with E-state index in [-0.39, 0.29) is 12.3 Å². The summed E-state index contributed by atoms with van der Waals surface area (Å²) in [5.41, 5.74) is 1.46. The summed E-state index contributed by atoms with van der Waals surface area (Å²) in [4.78, 5) is 16.1. The molecule has 1 aliphatic carbocycles. The molecule has 3 rings (SSSR count). The van der Waals surface area contributed by atoms with Crippen LogP contribution in [-0.4, -0.2) is 26.2 Å². The average molecular weight is 327 g/mol. The van der Waals surface area contributed by atoms with Crippen molar-refractivity contribution in [2.45, 2.75) is 57.2 Å². The van der Waals surface area contributed by atoms with Crippen LogP contribution >= 0.6 is 0 Å². The van der Waals surface area contributed by atoms with Gasteiger partial charge in [-0.25, -0.2) is 4.98 Å². The van der Waals surface area contributed by atoms with Gasteiger partial charge in [-0.05, 0) is 24.0 Å². The molecule has 0 saturated heterocycles. The molecule has 5 nitrogen and oxygen atoms in total. The minimum atomic E-state index is -0.795. The molecular weight excluding hydrogens is 302 g/mol. The third-order valence-corrected chi connectivity index (χ3v) is 4.71. The van der Waals surface area contributed by atoms with Crippen LogP contribution in [0, 0.1) is 0 Å². The van der Waals surface area contributed by atoms with E-state index in [1.54, 1.807) is 12.5 Å². The first kappa shape index (κ1) is 16.7. The molecule has 0 unspecified atom stereocenters. The van der Waals surface area contributed by atoms with Crippen molar-refractivity contribution in [1.82, 2.24) is 14.9 Å². The van der Waals surface area contributed by atoms with Gasteiger partial charge < -0.3 is 15.0 Å². The monoisotopic (exact) mass is 327 g/mol. The van der Waals surface area contributed by atoms with Crippen LogP contribution in [0.2, 0.25) is 0 Å². The van der Waals surface area contributed by atoms with Crippen molar-refractivity contribution in [3.63, 3.8) is 0 Å². The molecule has 1 aliphatic rings. The van der Waals surface area contributed by atoms with E-state index in [2.05, 4.69) is 22.4 Å². The van der Waals surface area contributed by atoms with Gasteiger partial charge in [-0.1, -0.05) is 43.5 Å². The number of nitrogens with zero attached hydrogens (tertiary/aromatic N) is 2. The molecule has 0 bridgehead atoms. The highest BCUT2D eigenvalue weighted by Gasteiger charge is 2.31. The van der Waals surface area contributed by atoms with Crippen molar-refractivity contribution in [1.29, 1.82) is 0 Å². The standard InChI is InChI=1S/C19H25N3O2/c23-18(12-19(24)8-2-1-3-9-19)21-13-16-4-6-17(7-5-16)14-22-11-10-20-15-22/h4-7,10-11,15,24H,1-3,8-9,12-14H2,(H,21,23). The van der Waals surface area contributed by atoms with E-state index < -0.39 is 5.60 Å². The van der Waals surface area contributed by atoms with Gasteiger partial charge in [0.1, 0.15) is 0 Å². The van der Waals surface area contributed by atoms with Gasteiger partial charge in [-0.3, -0.25) is 4.79 Å². The second-order valence-corrected chi connectivity index (χ2v) is 6.79. The molecule has 1 aromatic carbocycles. The predicted octanol–water partition coefficient (Wildman–Crippen LogP) is 2.63. The summed E-state index contributed by atoms with van der Waals surface area (Å²) in [6, 6.07) is 8.19. The quantitative estimate of drug-likeness (QED) is 0.857. The fourth-order valence-electron chi connectivity index (χ4n) is 3.30. The van der Waals surface area contributed by atoms with Crippen molar-refractivity contribution in [3.8, 4) is 0 Å². The van der Waals surface area contributed by atoms with E-state index in [1.807, 2.05) is 22.9 Å². The Morgan fingerprint density at radius 2 is 1.88 bits per heavy atom. The van der Waals surface area contributed by atoms with Crippen LogP contribution in [0.15, 0.2) is 43.0 Å². The summed E-state index contributed by atoms with van der Waals surface area (Å²) < 4.78 is 2.02. The van der Waals surface area contributed by atoms with Crippen molar-refractivity contribution in [3.05, 3.63) is 54.1 Å². The third kappa shape index (κ3) is 4.68. The number of hydrogen-bond acceptors (Lipinski definition) is 3. The summed E-state index contributed by atoms with van der Waals surface area (Å²) in [5.74, 6) is -0.0677. The molecule has 1 fully saturated rings. The Morgan fingerprint density at radius 3 is 2.54 bits per heavy atom. The van der Waals surface area contributed by atoms with Gasteiger partial charge in [0, 0.05) is 25.5 Å². The maximum absolute atomic E-state index is 12.1. The van der Waals surface area contributed by atoms with Crippen LogP contribution in [0.3, 0.4) is 0 Å². The molecule has 5 heteroatoms. The highest BCUT2D eigenvalue weighted by molar-refractivity contribution is 5.77. The normalized spacial score (nSPS) is 16.7. The zero-order chi connectivity index (χ0) is 16.8. The van der Waals surface area contributed by atoms with Gasteiger partial charge in [-0.2, -0.15) is 0 Å². The van der Waals surface area contributed by atoms with Crippen LogP contribution in [0.1, 0.15) is 49.7 Å². The van der Waals surface area contributed by atoms with Crippen molar-refractivity contribution >= 4 is 5.91 Å². The summed E-state index contributed by atoms with van der Waals surface area (Å²) in [6.07, 6.45) is 10.4. The predicted molar refractivity (Wildman–Crippen MR) is 92.3 cm³/mol. The first-order valence-electron chi connectivity index (χ1n) is 8.66. The van der Waals surface area contributed by atoms with E-state index in [1.165, 1.54) is 5.56 Å². The van der Waals surface area contributed by atoms with Gasteiger partial charge in [-0.15, -0.1) is 0 Å². The molecule has 1 aromatic heterocycles. The Bertz CT molecular complexity index is 644. The van der Waals surface area contributed by atoms with Crippen LogP contribution in [0.25, 0.3) is 0 Å². The maximum Gasteiger partial charge on any atom is 0.223 e. The topological polar surface area (TPSA) is 67.2 Å².